The van der Waals surface area contributed by atoms with Gasteiger partial charge in [0.25, 0.3) is 0 Å². The van der Waals surface area contributed by atoms with E-state index in [1.54, 1.807) is 4.90 Å². The lowest BCUT2D eigenvalue weighted by Crippen LogP contribution is -2.37. The lowest BCUT2D eigenvalue weighted by molar-refractivity contribution is -0.120. The van der Waals surface area contributed by atoms with Crippen molar-refractivity contribution in [3.63, 3.8) is 0 Å². The van der Waals surface area contributed by atoms with E-state index >= 15 is 0 Å². The van der Waals surface area contributed by atoms with Crippen molar-refractivity contribution in [2.75, 3.05) is 11.9 Å². The molecule has 138 valence electrons. The fourth-order valence-electron chi connectivity index (χ4n) is 5.23. The standard InChI is InChI=1S/C26H23NO/c1-16-13-17(2)24(18(3)14-16)20-15-26(21-10-6-5-9-19(20)21)22-11-7-8-12-23(22)27(4)25(26)28/h5-15H,1-4H3. The molecule has 0 N–H and O–H groups in total. The summed E-state index contributed by atoms with van der Waals surface area (Å²) < 4.78 is 0. The number of hydrogen-bond donors (Lipinski definition) is 0. The third kappa shape index (κ3) is 2.00. The molecule has 0 aromatic heterocycles. The number of rotatable bonds is 1. The predicted octanol–water partition coefficient (Wildman–Crippen LogP) is 5.32. The third-order valence-corrected chi connectivity index (χ3v) is 6.28. The van der Waals surface area contributed by atoms with Crippen molar-refractivity contribution in [3.05, 3.63) is 106 Å². The Kier molecular flexibility index (Phi) is 3.45. The number of likely N-dealkylation sites (N-methyl/N-ethyl adjacent to an activating group) is 1. The Morgan fingerprint density at radius 3 is 2.14 bits per heavy atom. The van der Waals surface area contributed by atoms with Crippen LogP contribution in [0.2, 0.25) is 0 Å². The molecule has 2 nitrogen and oxygen atoms in total. The number of anilines is 1. The van der Waals surface area contributed by atoms with Gasteiger partial charge < -0.3 is 4.90 Å². The zero-order valence-electron chi connectivity index (χ0n) is 16.7. The van der Waals surface area contributed by atoms with Crippen LogP contribution < -0.4 is 4.90 Å². The molecule has 0 fully saturated rings. The highest BCUT2D eigenvalue weighted by Crippen LogP contribution is 2.54. The van der Waals surface area contributed by atoms with Gasteiger partial charge in [-0.1, -0.05) is 66.2 Å². The first kappa shape index (κ1) is 17.0. The van der Waals surface area contributed by atoms with Gasteiger partial charge in [0.05, 0.1) is 0 Å². The SMILES string of the molecule is Cc1cc(C)c(C2=CC3(C(=O)N(C)c4ccccc43)c3ccccc32)c(C)c1. The summed E-state index contributed by atoms with van der Waals surface area (Å²) in [4.78, 5) is 15.4. The maximum absolute atomic E-state index is 13.6. The van der Waals surface area contributed by atoms with Gasteiger partial charge in [0.15, 0.2) is 0 Å². The Morgan fingerprint density at radius 2 is 1.43 bits per heavy atom. The van der Waals surface area contributed by atoms with Gasteiger partial charge in [0.2, 0.25) is 5.91 Å². The van der Waals surface area contributed by atoms with Gasteiger partial charge in [-0.2, -0.15) is 0 Å². The second-order valence-electron chi connectivity index (χ2n) is 8.07. The number of carbonyl (C=O) groups excluding carboxylic acids is 1. The van der Waals surface area contributed by atoms with Crippen LogP contribution in [0.1, 0.15) is 38.9 Å². The first-order valence-corrected chi connectivity index (χ1v) is 9.74. The van der Waals surface area contributed by atoms with Crippen LogP contribution in [0, 0.1) is 20.8 Å². The minimum atomic E-state index is -0.735. The molecule has 1 unspecified atom stereocenters. The molecule has 0 saturated carbocycles. The van der Waals surface area contributed by atoms with Crippen LogP contribution in [-0.4, -0.2) is 13.0 Å². The van der Waals surface area contributed by atoms with E-state index in [0.29, 0.717) is 0 Å². The van der Waals surface area contributed by atoms with E-state index in [2.05, 4.69) is 63.2 Å². The van der Waals surface area contributed by atoms with Gasteiger partial charge in [0.1, 0.15) is 5.41 Å². The molecule has 3 aromatic rings. The summed E-state index contributed by atoms with van der Waals surface area (Å²) in [6.07, 6.45) is 2.22. The summed E-state index contributed by atoms with van der Waals surface area (Å²) in [5.41, 5.74) is 9.78. The molecule has 1 amide bonds. The van der Waals surface area contributed by atoms with Gasteiger partial charge in [-0.05, 0) is 65.8 Å². The quantitative estimate of drug-likeness (QED) is 0.571. The minimum absolute atomic E-state index is 0.124. The van der Waals surface area contributed by atoms with Crippen molar-refractivity contribution < 1.29 is 4.79 Å². The number of para-hydroxylation sites is 1. The molecule has 2 heteroatoms. The van der Waals surface area contributed by atoms with Crippen LogP contribution in [0.5, 0.6) is 0 Å². The Morgan fingerprint density at radius 1 is 0.821 bits per heavy atom. The Hall–Kier alpha value is -3.13. The van der Waals surface area contributed by atoms with Crippen LogP contribution in [-0.2, 0) is 10.2 Å². The fraction of sp³-hybridized carbons (Fsp3) is 0.192. The number of benzene rings is 3. The van der Waals surface area contributed by atoms with E-state index in [-0.39, 0.29) is 5.91 Å². The van der Waals surface area contributed by atoms with Crippen molar-refractivity contribution in [3.8, 4) is 0 Å². The number of amides is 1. The topological polar surface area (TPSA) is 20.3 Å². The predicted molar refractivity (Wildman–Crippen MR) is 115 cm³/mol. The Bertz CT molecular complexity index is 1160. The van der Waals surface area contributed by atoms with Crippen LogP contribution in [0.15, 0.2) is 66.7 Å². The van der Waals surface area contributed by atoms with E-state index in [1.807, 2.05) is 31.3 Å². The molecule has 0 saturated heterocycles. The zero-order chi connectivity index (χ0) is 19.6. The molecule has 1 aliphatic heterocycles. The van der Waals surface area contributed by atoms with Crippen LogP contribution >= 0.6 is 0 Å². The number of hydrogen-bond acceptors (Lipinski definition) is 1. The van der Waals surface area contributed by atoms with E-state index < -0.39 is 5.41 Å². The largest absolute Gasteiger partial charge is 0.314 e. The summed E-state index contributed by atoms with van der Waals surface area (Å²) in [7, 11) is 1.88. The lowest BCUT2D eigenvalue weighted by atomic mass is 9.77. The monoisotopic (exact) mass is 365 g/mol. The van der Waals surface area contributed by atoms with Crippen molar-refractivity contribution in [2.24, 2.45) is 0 Å². The average molecular weight is 365 g/mol. The highest BCUT2D eigenvalue weighted by atomic mass is 16.2. The summed E-state index contributed by atoms with van der Waals surface area (Å²) in [6.45, 7) is 6.47. The fourth-order valence-corrected chi connectivity index (χ4v) is 5.23. The summed E-state index contributed by atoms with van der Waals surface area (Å²) in [5, 5.41) is 0. The van der Waals surface area contributed by atoms with Crippen LogP contribution in [0.4, 0.5) is 5.69 Å². The Labute approximate surface area is 166 Å². The highest BCUT2D eigenvalue weighted by molar-refractivity contribution is 6.15. The Balaban J connectivity index is 1.87. The number of fused-ring (bicyclic) bond motifs is 4. The van der Waals surface area contributed by atoms with E-state index in [1.165, 1.54) is 27.8 Å². The third-order valence-electron chi connectivity index (χ3n) is 6.28. The maximum atomic E-state index is 13.6. The molecule has 3 aromatic carbocycles. The first-order valence-electron chi connectivity index (χ1n) is 9.74. The molecule has 28 heavy (non-hydrogen) atoms. The molecule has 1 heterocycles. The molecule has 1 spiro atoms. The van der Waals surface area contributed by atoms with E-state index in [4.69, 9.17) is 0 Å². The summed E-state index contributed by atoms with van der Waals surface area (Å²) in [6, 6.07) is 21.0. The van der Waals surface area contributed by atoms with E-state index in [9.17, 15) is 4.79 Å². The molecule has 5 rings (SSSR count). The molecule has 0 bridgehead atoms. The van der Waals surface area contributed by atoms with Gasteiger partial charge >= 0.3 is 0 Å². The number of carbonyl (C=O) groups is 1. The molecule has 0 radical (unpaired) electrons. The van der Waals surface area contributed by atoms with Gasteiger partial charge in [-0.15, -0.1) is 0 Å². The van der Waals surface area contributed by atoms with Crippen molar-refractivity contribution in [1.29, 1.82) is 0 Å². The van der Waals surface area contributed by atoms with Gasteiger partial charge in [-0.25, -0.2) is 0 Å². The maximum Gasteiger partial charge on any atom is 0.245 e. The first-order chi connectivity index (χ1) is 13.4. The number of aryl methyl sites for hydroxylation is 3. The second-order valence-corrected chi connectivity index (χ2v) is 8.07. The molecule has 1 aliphatic carbocycles. The number of nitrogens with zero attached hydrogens (tertiary/aromatic N) is 1. The van der Waals surface area contributed by atoms with E-state index in [0.717, 1.165) is 22.4 Å². The average Bonchev–Trinajstić information content (AvgIpc) is 3.12. The van der Waals surface area contributed by atoms with Crippen molar-refractivity contribution in [2.45, 2.75) is 26.2 Å². The molecule has 2 aliphatic rings. The van der Waals surface area contributed by atoms with Gasteiger partial charge in [0, 0.05) is 12.7 Å². The summed E-state index contributed by atoms with van der Waals surface area (Å²) in [5.74, 6) is 0.124. The van der Waals surface area contributed by atoms with Crippen molar-refractivity contribution in [1.82, 2.24) is 0 Å². The molecule has 1 atom stereocenters. The highest BCUT2D eigenvalue weighted by Gasteiger charge is 2.53. The zero-order valence-corrected chi connectivity index (χ0v) is 16.7. The smallest absolute Gasteiger partial charge is 0.245 e. The summed E-state index contributed by atoms with van der Waals surface area (Å²) >= 11 is 0. The van der Waals surface area contributed by atoms with Crippen LogP contribution in [0.3, 0.4) is 0 Å². The van der Waals surface area contributed by atoms with Crippen molar-refractivity contribution >= 4 is 17.2 Å². The molecular weight excluding hydrogens is 342 g/mol. The normalized spacial score (nSPS) is 19.8. The minimum Gasteiger partial charge on any atom is -0.314 e. The van der Waals surface area contributed by atoms with Crippen LogP contribution in [0.25, 0.3) is 5.57 Å². The second kappa shape index (κ2) is 5.68. The lowest BCUT2D eigenvalue weighted by Gasteiger charge is -2.22. The molecular formula is C26H23NO. The van der Waals surface area contributed by atoms with Gasteiger partial charge in [-0.3, -0.25) is 4.79 Å².